The van der Waals surface area contributed by atoms with Crippen LogP contribution in [0.15, 0.2) is 153 Å². The Bertz CT molecular complexity index is 2830. The molecule has 4 heterocycles. The highest BCUT2D eigenvalue weighted by Crippen LogP contribution is 2.27. The Morgan fingerprint density at radius 2 is 0.776 bits per heavy atom. The third kappa shape index (κ3) is 8.09. The quantitative estimate of drug-likeness (QED) is 0.165. The third-order valence-electron chi connectivity index (χ3n) is 9.94. The molecule has 8 heteroatoms. The average molecular weight is 763 g/mol. The molecule has 2 N–H and O–H groups in total. The zero-order valence-electron chi connectivity index (χ0n) is 32.5. The lowest BCUT2D eigenvalue weighted by Gasteiger charge is -2.00. The molecule has 0 unspecified atom stereocenters. The molecule has 0 spiro atoms. The van der Waals surface area contributed by atoms with E-state index < -0.39 is 22.2 Å². The molecule has 5 aromatic carbocycles. The zero-order chi connectivity index (χ0) is 40.4. The van der Waals surface area contributed by atoms with Crippen molar-refractivity contribution in [3.63, 3.8) is 0 Å². The number of fused-ring (bicyclic) bond motifs is 4. The second-order valence-corrected chi connectivity index (χ2v) is 13.8. The van der Waals surface area contributed by atoms with E-state index in [1.54, 1.807) is 0 Å². The maximum Gasteiger partial charge on any atom is 0.262 e. The van der Waals surface area contributed by atoms with Crippen LogP contribution in [0, 0.1) is 23.7 Å². The lowest BCUT2D eigenvalue weighted by atomic mass is 9.96. The molecule has 58 heavy (non-hydrogen) atoms. The van der Waals surface area contributed by atoms with Crippen LogP contribution in [-0.4, -0.2) is 19.1 Å². The Morgan fingerprint density at radius 3 is 1.12 bits per heavy atom. The first-order valence-corrected chi connectivity index (χ1v) is 19.6. The lowest BCUT2D eigenvalue weighted by Crippen LogP contribution is -2.26. The Labute approximate surface area is 335 Å². The van der Waals surface area contributed by atoms with Crippen LogP contribution >= 0.6 is 0 Å². The van der Waals surface area contributed by atoms with E-state index in [0.717, 1.165) is 12.8 Å². The Morgan fingerprint density at radius 1 is 0.431 bits per heavy atom. The summed E-state index contributed by atoms with van der Waals surface area (Å²) in [6.45, 7) is 4.41. The molecule has 0 saturated heterocycles. The summed E-state index contributed by atoms with van der Waals surface area (Å²) in [7, 11) is 0. The van der Waals surface area contributed by atoms with E-state index in [2.05, 4.69) is 70.0 Å². The Kier molecular flexibility index (Phi) is 12.1. The zero-order valence-corrected chi connectivity index (χ0v) is 32.5. The van der Waals surface area contributed by atoms with Crippen molar-refractivity contribution in [2.45, 2.75) is 52.6 Å². The van der Waals surface area contributed by atoms with Crippen molar-refractivity contribution in [2.75, 3.05) is 0 Å². The van der Waals surface area contributed by atoms with Crippen LogP contribution in [-0.2, 0) is 13.1 Å². The van der Waals surface area contributed by atoms with E-state index in [9.17, 15) is 19.2 Å². The van der Waals surface area contributed by atoms with Gasteiger partial charge in [0.25, 0.3) is 22.2 Å². The number of aromatic nitrogens is 4. The molecule has 9 rings (SSSR count). The van der Waals surface area contributed by atoms with Gasteiger partial charge in [0.1, 0.15) is 0 Å². The van der Waals surface area contributed by atoms with Gasteiger partial charge in [0, 0.05) is 47.6 Å². The van der Waals surface area contributed by atoms with E-state index in [4.69, 9.17) is 0 Å². The number of rotatable bonds is 6. The van der Waals surface area contributed by atoms with Crippen LogP contribution in [0.2, 0.25) is 0 Å². The van der Waals surface area contributed by atoms with Crippen molar-refractivity contribution in [3.05, 3.63) is 197 Å². The molecule has 9 aromatic rings. The van der Waals surface area contributed by atoms with Crippen molar-refractivity contribution in [3.8, 4) is 23.7 Å². The molecule has 0 amide bonds. The molecular weight excluding hydrogens is 721 g/mol. The van der Waals surface area contributed by atoms with Gasteiger partial charge in [-0.2, -0.15) is 0 Å². The lowest BCUT2D eigenvalue weighted by molar-refractivity contribution is 0.608. The summed E-state index contributed by atoms with van der Waals surface area (Å²) in [5.41, 5.74) is 1.96. The largest absolute Gasteiger partial charge is 0.361 e. The average Bonchev–Trinajstić information content (AvgIpc) is 4.05. The normalized spacial score (nSPS) is 10.7. The Hall–Kier alpha value is -7.42. The predicted molar refractivity (Wildman–Crippen MR) is 236 cm³/mol. The van der Waals surface area contributed by atoms with Gasteiger partial charge < -0.3 is 9.97 Å². The highest BCUT2D eigenvalue weighted by molar-refractivity contribution is 6.09. The first-order valence-electron chi connectivity index (χ1n) is 19.6. The standard InChI is InChI=1S/C34H28N2O4.2C8H7N/c1-3-5-21-35-31(37)27-25(19-17-23-13-9-7-10-14-23)29-30(34(40)36(33(29)39)22-6-4-2)26(28(27)32(35)38)20-18-24-15-11-8-12-16-24;2*1-2-4-8-7(3-1)5-6-9-8/h7-16H,3-6,21-22H2,1-2H3;2*1-6,9H. The van der Waals surface area contributed by atoms with Gasteiger partial charge in [-0.1, -0.05) is 123 Å². The summed E-state index contributed by atoms with van der Waals surface area (Å²) in [5.74, 6) is 12.1. The molecule has 0 aliphatic rings. The van der Waals surface area contributed by atoms with Gasteiger partial charge in [-0.15, -0.1) is 0 Å². The SMILES string of the molecule is CCCCn1c(=O)c2c(C#Cc3ccccc3)c3c(=O)n(CCCC)c(=O)c3c(C#Cc3ccccc3)c2c1=O.c1ccc2[nH]ccc2c1.c1ccc2[nH]ccc2c1. The van der Waals surface area contributed by atoms with E-state index in [-0.39, 0.29) is 45.8 Å². The summed E-state index contributed by atoms with van der Waals surface area (Å²) in [6, 6.07) is 38.9. The van der Waals surface area contributed by atoms with Crippen molar-refractivity contribution in [1.29, 1.82) is 0 Å². The highest BCUT2D eigenvalue weighted by Gasteiger charge is 2.28. The number of hydrogen-bond acceptors (Lipinski definition) is 4. The van der Waals surface area contributed by atoms with Gasteiger partial charge in [0.2, 0.25) is 0 Å². The van der Waals surface area contributed by atoms with Gasteiger partial charge in [0.05, 0.1) is 32.7 Å². The summed E-state index contributed by atoms with van der Waals surface area (Å²) >= 11 is 0. The van der Waals surface area contributed by atoms with Gasteiger partial charge in [-0.25, -0.2) is 0 Å². The molecule has 286 valence electrons. The van der Waals surface area contributed by atoms with Crippen molar-refractivity contribution >= 4 is 43.4 Å². The number of aromatic amines is 2. The number of nitrogens with one attached hydrogen (secondary N) is 2. The van der Waals surface area contributed by atoms with Gasteiger partial charge in [0.15, 0.2) is 0 Å². The molecule has 4 aromatic heterocycles. The minimum Gasteiger partial charge on any atom is -0.361 e. The Balaban J connectivity index is 0.000000228. The number of unbranched alkanes of at least 4 members (excludes halogenated alkanes) is 2. The van der Waals surface area contributed by atoms with Crippen molar-refractivity contribution < 1.29 is 0 Å². The number of benzene rings is 5. The van der Waals surface area contributed by atoms with E-state index in [1.807, 2.05) is 111 Å². The van der Waals surface area contributed by atoms with Crippen molar-refractivity contribution in [2.24, 2.45) is 0 Å². The van der Waals surface area contributed by atoms with E-state index in [1.165, 1.54) is 30.9 Å². The molecule has 0 saturated carbocycles. The molecule has 8 nitrogen and oxygen atoms in total. The number of para-hydroxylation sites is 2. The summed E-state index contributed by atoms with van der Waals surface area (Å²) in [5, 5.41) is 2.77. The number of hydrogen-bond donors (Lipinski definition) is 2. The molecule has 0 aliphatic carbocycles. The third-order valence-corrected chi connectivity index (χ3v) is 9.94. The van der Waals surface area contributed by atoms with E-state index in [0.29, 0.717) is 24.0 Å². The maximum atomic E-state index is 13.8. The fourth-order valence-electron chi connectivity index (χ4n) is 6.92. The van der Waals surface area contributed by atoms with Gasteiger partial charge >= 0.3 is 0 Å². The first-order chi connectivity index (χ1) is 28.4. The minimum absolute atomic E-state index is 0.0548. The summed E-state index contributed by atoms with van der Waals surface area (Å²) < 4.78 is 2.38. The molecular formula is C50H42N4O4. The second kappa shape index (κ2) is 18.0. The maximum absolute atomic E-state index is 13.8. The van der Waals surface area contributed by atoms with Crippen LogP contribution in [0.4, 0.5) is 0 Å². The molecule has 0 bridgehead atoms. The van der Waals surface area contributed by atoms with Crippen LogP contribution < -0.4 is 22.2 Å². The smallest absolute Gasteiger partial charge is 0.262 e. The minimum atomic E-state index is -0.511. The molecule has 0 radical (unpaired) electrons. The second-order valence-electron chi connectivity index (χ2n) is 13.8. The fourth-order valence-corrected chi connectivity index (χ4v) is 6.92. The number of nitrogens with zero attached hydrogens (tertiary/aromatic N) is 2. The molecule has 0 aliphatic heterocycles. The van der Waals surface area contributed by atoms with E-state index >= 15 is 0 Å². The summed E-state index contributed by atoms with van der Waals surface area (Å²) in [6.07, 6.45) is 6.73. The van der Waals surface area contributed by atoms with Crippen LogP contribution in [0.3, 0.4) is 0 Å². The highest BCUT2D eigenvalue weighted by atomic mass is 16.2. The van der Waals surface area contributed by atoms with Crippen LogP contribution in [0.25, 0.3) is 43.4 Å². The van der Waals surface area contributed by atoms with Crippen LogP contribution in [0.5, 0.6) is 0 Å². The van der Waals surface area contributed by atoms with Crippen molar-refractivity contribution in [1.82, 2.24) is 19.1 Å². The molecule has 0 atom stereocenters. The van der Waals surface area contributed by atoms with Crippen LogP contribution in [0.1, 0.15) is 61.8 Å². The number of H-pyrrole nitrogens is 2. The van der Waals surface area contributed by atoms with Gasteiger partial charge in [-0.05, 0) is 72.1 Å². The monoisotopic (exact) mass is 762 g/mol. The first kappa shape index (κ1) is 38.8. The summed E-state index contributed by atoms with van der Waals surface area (Å²) in [4.78, 5) is 61.4. The predicted octanol–water partition coefficient (Wildman–Crippen LogP) is 8.65. The topological polar surface area (TPSA) is 110 Å². The molecule has 0 fully saturated rings. The van der Waals surface area contributed by atoms with Gasteiger partial charge in [-0.3, -0.25) is 28.3 Å². The fraction of sp³-hybridized carbons (Fsp3) is 0.160.